The number of nitrogens with zero attached hydrogens (tertiary/aromatic N) is 1. The first-order chi connectivity index (χ1) is 10.8. The normalized spacial score (nSPS) is 12.2. The zero-order valence-corrected chi connectivity index (χ0v) is 13.3. The summed E-state index contributed by atoms with van der Waals surface area (Å²) in [5.41, 5.74) is 0.465. The molecular weight excluding hydrogens is 300 g/mol. The van der Waals surface area contributed by atoms with Crippen LogP contribution in [-0.4, -0.2) is 30.0 Å². The highest BCUT2D eigenvalue weighted by Gasteiger charge is 2.21. The first kappa shape index (κ1) is 18.3. The minimum Gasteiger partial charge on any atom is -0.467 e. The number of hydrogen-bond acceptors (Lipinski definition) is 5. The van der Waals surface area contributed by atoms with E-state index in [4.69, 9.17) is 0 Å². The van der Waals surface area contributed by atoms with Crippen molar-refractivity contribution in [2.45, 2.75) is 26.3 Å². The average Bonchev–Trinajstić information content (AvgIpc) is 2.51. The van der Waals surface area contributed by atoms with Gasteiger partial charge in [-0.3, -0.25) is 14.9 Å². The highest BCUT2D eigenvalue weighted by Crippen LogP contribution is 2.14. The number of nitrogens with one attached hydrogen (secondary N) is 1. The summed E-state index contributed by atoms with van der Waals surface area (Å²) in [6.45, 7) is 3.86. The number of nitro benzene ring substituents is 1. The first-order valence-corrected chi connectivity index (χ1v) is 7.14. The van der Waals surface area contributed by atoms with Gasteiger partial charge in [-0.05, 0) is 24.0 Å². The number of rotatable bonds is 7. The summed E-state index contributed by atoms with van der Waals surface area (Å²) in [6, 6.07) is 5.18. The Morgan fingerprint density at radius 1 is 1.39 bits per heavy atom. The predicted molar refractivity (Wildman–Crippen MR) is 85.5 cm³/mol. The molecule has 7 heteroatoms. The van der Waals surface area contributed by atoms with Gasteiger partial charge in [-0.2, -0.15) is 0 Å². The van der Waals surface area contributed by atoms with Crippen LogP contribution in [0.2, 0.25) is 0 Å². The number of esters is 1. The van der Waals surface area contributed by atoms with Crippen LogP contribution in [0.5, 0.6) is 0 Å². The molecule has 0 aliphatic rings. The Morgan fingerprint density at radius 2 is 2.09 bits per heavy atom. The van der Waals surface area contributed by atoms with Gasteiger partial charge in [0.15, 0.2) is 0 Å². The van der Waals surface area contributed by atoms with Crippen LogP contribution in [0.25, 0.3) is 6.08 Å². The van der Waals surface area contributed by atoms with Gasteiger partial charge in [0.05, 0.1) is 12.0 Å². The van der Waals surface area contributed by atoms with Crippen molar-refractivity contribution in [3.05, 3.63) is 46.0 Å². The van der Waals surface area contributed by atoms with Gasteiger partial charge in [0, 0.05) is 18.2 Å². The van der Waals surface area contributed by atoms with Gasteiger partial charge in [0.2, 0.25) is 5.91 Å². The van der Waals surface area contributed by atoms with E-state index < -0.39 is 22.8 Å². The third-order valence-corrected chi connectivity index (χ3v) is 3.02. The second-order valence-corrected chi connectivity index (χ2v) is 5.40. The average molecular weight is 320 g/mol. The highest BCUT2D eigenvalue weighted by atomic mass is 16.6. The van der Waals surface area contributed by atoms with Crippen molar-refractivity contribution in [1.82, 2.24) is 5.32 Å². The minimum atomic E-state index is -0.720. The molecule has 1 aromatic carbocycles. The van der Waals surface area contributed by atoms with Gasteiger partial charge in [-0.1, -0.05) is 26.0 Å². The Labute approximate surface area is 134 Å². The largest absolute Gasteiger partial charge is 0.467 e. The maximum absolute atomic E-state index is 11.9. The lowest BCUT2D eigenvalue weighted by Crippen LogP contribution is -2.41. The number of nitro groups is 1. The molecule has 0 saturated heterocycles. The SMILES string of the molecule is COC(=O)[C@H](CC(C)C)NC(=O)/C=C/c1cccc([N+](=O)[O-])c1. The summed E-state index contributed by atoms with van der Waals surface area (Å²) in [5, 5.41) is 13.3. The lowest BCUT2D eigenvalue weighted by molar-refractivity contribution is -0.384. The molecule has 23 heavy (non-hydrogen) atoms. The van der Waals surface area contributed by atoms with E-state index in [1.54, 1.807) is 6.07 Å². The molecule has 124 valence electrons. The summed E-state index contributed by atoms with van der Waals surface area (Å²) in [5.74, 6) is -0.761. The lowest BCUT2D eigenvalue weighted by Gasteiger charge is -2.17. The molecule has 1 rings (SSSR count). The summed E-state index contributed by atoms with van der Waals surface area (Å²) < 4.78 is 4.67. The molecule has 0 radical (unpaired) electrons. The monoisotopic (exact) mass is 320 g/mol. The van der Waals surface area contributed by atoms with Crippen molar-refractivity contribution in [2.24, 2.45) is 5.92 Å². The molecule has 0 aliphatic carbocycles. The Morgan fingerprint density at radius 3 is 2.65 bits per heavy atom. The third-order valence-electron chi connectivity index (χ3n) is 3.02. The molecule has 0 aromatic heterocycles. The Bertz CT molecular complexity index is 610. The van der Waals surface area contributed by atoms with E-state index in [0.717, 1.165) is 0 Å². The van der Waals surface area contributed by atoms with Crippen molar-refractivity contribution in [1.29, 1.82) is 0 Å². The summed E-state index contributed by atoms with van der Waals surface area (Å²) >= 11 is 0. The quantitative estimate of drug-likeness (QED) is 0.360. The Balaban J connectivity index is 2.75. The number of non-ortho nitro benzene ring substituents is 1. The smallest absolute Gasteiger partial charge is 0.328 e. The minimum absolute atomic E-state index is 0.0557. The first-order valence-electron chi connectivity index (χ1n) is 7.14. The molecule has 0 spiro atoms. The van der Waals surface area contributed by atoms with Gasteiger partial charge in [-0.15, -0.1) is 0 Å². The molecule has 0 heterocycles. The molecule has 0 unspecified atom stereocenters. The fourth-order valence-electron chi connectivity index (χ4n) is 1.96. The maximum atomic E-state index is 11.9. The van der Waals surface area contributed by atoms with Gasteiger partial charge in [0.25, 0.3) is 5.69 Å². The zero-order chi connectivity index (χ0) is 17.4. The predicted octanol–water partition coefficient (Wildman–Crippen LogP) is 2.31. The molecule has 0 bridgehead atoms. The number of carbonyl (C=O) groups is 2. The van der Waals surface area contributed by atoms with Crippen LogP contribution in [0.15, 0.2) is 30.3 Å². The molecule has 0 saturated carbocycles. The molecule has 0 aliphatic heterocycles. The second-order valence-electron chi connectivity index (χ2n) is 5.40. The van der Waals surface area contributed by atoms with Crippen molar-refractivity contribution in [3.63, 3.8) is 0 Å². The number of carbonyl (C=O) groups excluding carboxylic acids is 2. The van der Waals surface area contributed by atoms with Crippen LogP contribution in [0.1, 0.15) is 25.8 Å². The lowest BCUT2D eigenvalue weighted by atomic mass is 10.0. The van der Waals surface area contributed by atoms with Gasteiger partial charge >= 0.3 is 5.97 Å². The van der Waals surface area contributed by atoms with E-state index in [1.165, 1.54) is 37.5 Å². The van der Waals surface area contributed by atoms with Crippen molar-refractivity contribution in [3.8, 4) is 0 Å². The molecule has 1 amide bonds. The van der Waals surface area contributed by atoms with E-state index in [2.05, 4.69) is 10.1 Å². The van der Waals surface area contributed by atoms with Crippen LogP contribution in [0, 0.1) is 16.0 Å². The Kier molecular flexibility index (Phi) is 6.92. The fourth-order valence-corrected chi connectivity index (χ4v) is 1.96. The number of methoxy groups -OCH3 is 1. The number of amides is 1. The summed E-state index contributed by atoms with van der Waals surface area (Å²) in [7, 11) is 1.26. The molecular formula is C16H20N2O5. The fraction of sp³-hybridized carbons (Fsp3) is 0.375. The molecule has 0 fully saturated rings. The van der Waals surface area contributed by atoms with Crippen molar-refractivity contribution < 1.29 is 19.2 Å². The van der Waals surface area contributed by atoms with Crippen LogP contribution in [-0.2, 0) is 14.3 Å². The number of benzene rings is 1. The number of ether oxygens (including phenoxy) is 1. The van der Waals surface area contributed by atoms with Crippen molar-refractivity contribution >= 4 is 23.6 Å². The molecule has 1 aromatic rings. The van der Waals surface area contributed by atoms with E-state index >= 15 is 0 Å². The molecule has 1 atom stereocenters. The van der Waals surface area contributed by atoms with Crippen LogP contribution in [0.3, 0.4) is 0 Å². The highest BCUT2D eigenvalue weighted by molar-refractivity contribution is 5.94. The zero-order valence-electron chi connectivity index (χ0n) is 13.3. The molecule has 1 N–H and O–H groups in total. The van der Waals surface area contributed by atoms with E-state index in [0.29, 0.717) is 12.0 Å². The molecule has 7 nitrogen and oxygen atoms in total. The third kappa shape index (κ3) is 6.29. The van der Waals surface area contributed by atoms with Crippen LogP contribution in [0.4, 0.5) is 5.69 Å². The van der Waals surface area contributed by atoms with Crippen LogP contribution < -0.4 is 5.32 Å². The van der Waals surface area contributed by atoms with Crippen LogP contribution >= 0.6 is 0 Å². The van der Waals surface area contributed by atoms with Gasteiger partial charge in [0.1, 0.15) is 6.04 Å². The summed E-state index contributed by atoms with van der Waals surface area (Å²) in [6.07, 6.45) is 3.14. The maximum Gasteiger partial charge on any atom is 0.328 e. The van der Waals surface area contributed by atoms with E-state index in [-0.39, 0.29) is 11.6 Å². The standard InChI is InChI=1S/C16H20N2O5/c1-11(2)9-14(16(20)23-3)17-15(19)8-7-12-5-4-6-13(10-12)18(21)22/h4-8,10-11,14H,9H2,1-3H3,(H,17,19)/b8-7+/t14-/m0/s1. The van der Waals surface area contributed by atoms with Gasteiger partial charge in [-0.25, -0.2) is 4.79 Å². The Hall–Kier alpha value is -2.70. The van der Waals surface area contributed by atoms with Gasteiger partial charge < -0.3 is 10.1 Å². The number of hydrogen-bond donors (Lipinski definition) is 1. The second kappa shape index (κ2) is 8.67. The van der Waals surface area contributed by atoms with E-state index in [1.807, 2.05) is 13.8 Å². The summed E-state index contributed by atoms with van der Waals surface area (Å²) in [4.78, 5) is 33.7. The van der Waals surface area contributed by atoms with E-state index in [9.17, 15) is 19.7 Å². The van der Waals surface area contributed by atoms with Crippen molar-refractivity contribution in [2.75, 3.05) is 7.11 Å². The topological polar surface area (TPSA) is 98.5 Å².